The average molecular weight is 284 g/mol. The first kappa shape index (κ1) is 13.8. The summed E-state index contributed by atoms with van der Waals surface area (Å²) in [6.07, 6.45) is 1.48. The predicted octanol–water partition coefficient (Wildman–Crippen LogP) is 1.31. The Labute approximate surface area is 112 Å². The number of nitrogens with zero attached hydrogens (tertiary/aromatic N) is 1. The van der Waals surface area contributed by atoms with Crippen LogP contribution in [-0.4, -0.2) is 36.9 Å². The fraction of sp³-hybridized carbons (Fsp3) is 0.417. The molecule has 0 radical (unpaired) electrons. The van der Waals surface area contributed by atoms with E-state index in [1.54, 1.807) is 6.07 Å². The summed E-state index contributed by atoms with van der Waals surface area (Å²) in [6.45, 7) is 2.90. The highest BCUT2D eigenvalue weighted by Gasteiger charge is 2.28. The van der Waals surface area contributed by atoms with Crippen molar-refractivity contribution in [3.63, 3.8) is 0 Å². The van der Waals surface area contributed by atoms with Crippen LogP contribution in [0.3, 0.4) is 0 Å². The van der Waals surface area contributed by atoms with Crippen LogP contribution in [0.2, 0.25) is 0 Å². The van der Waals surface area contributed by atoms with Crippen molar-refractivity contribution in [1.29, 1.82) is 0 Å². The third kappa shape index (κ3) is 2.87. The Kier molecular flexibility index (Phi) is 3.77. The Morgan fingerprint density at radius 3 is 2.58 bits per heavy atom. The summed E-state index contributed by atoms with van der Waals surface area (Å²) < 4.78 is 27.8. The molecule has 1 fully saturated rings. The van der Waals surface area contributed by atoms with Crippen LogP contribution >= 0.6 is 0 Å². The molecule has 104 valence electrons. The molecule has 1 aromatic carbocycles. The molecule has 1 aliphatic rings. The number of anilines is 1. The molecule has 2 N–H and O–H groups in total. The van der Waals surface area contributed by atoms with E-state index in [1.165, 1.54) is 16.4 Å². The van der Waals surface area contributed by atoms with E-state index in [0.29, 0.717) is 25.2 Å². The van der Waals surface area contributed by atoms with Gasteiger partial charge < -0.3 is 5.11 Å². The minimum Gasteiger partial charge on any atom is -0.478 e. The summed E-state index contributed by atoms with van der Waals surface area (Å²) >= 11 is 0. The van der Waals surface area contributed by atoms with Crippen LogP contribution < -0.4 is 4.72 Å². The molecule has 1 aliphatic heterocycles. The highest BCUT2D eigenvalue weighted by molar-refractivity contribution is 7.90. The third-order valence-electron chi connectivity index (χ3n) is 3.13. The molecule has 0 spiro atoms. The standard InChI is InChI=1S/C12H16N2O4S/c1-2-9-4-5-10(12(15)16)8-11(9)13-19(17,18)14-6-3-7-14/h4-5,8,13H,2-3,6-7H2,1H3,(H,15,16). The molecule has 1 heterocycles. The zero-order valence-electron chi connectivity index (χ0n) is 10.6. The molecular formula is C12H16N2O4S. The summed E-state index contributed by atoms with van der Waals surface area (Å²) in [5, 5.41) is 8.95. The molecule has 0 atom stereocenters. The lowest BCUT2D eigenvalue weighted by atomic mass is 10.1. The Balaban J connectivity index is 2.31. The Bertz CT molecular complexity index is 594. The van der Waals surface area contributed by atoms with Gasteiger partial charge in [-0.1, -0.05) is 13.0 Å². The van der Waals surface area contributed by atoms with Gasteiger partial charge in [0.25, 0.3) is 0 Å². The maximum Gasteiger partial charge on any atom is 0.335 e. The lowest BCUT2D eigenvalue weighted by molar-refractivity contribution is 0.0697. The lowest BCUT2D eigenvalue weighted by Gasteiger charge is -2.30. The number of hydrogen-bond donors (Lipinski definition) is 2. The maximum atomic E-state index is 12.0. The van der Waals surface area contributed by atoms with E-state index in [2.05, 4.69) is 4.72 Å². The lowest BCUT2D eigenvalue weighted by Crippen LogP contribution is -2.45. The normalized spacial score (nSPS) is 15.8. The van der Waals surface area contributed by atoms with Gasteiger partial charge in [-0.15, -0.1) is 0 Å². The van der Waals surface area contributed by atoms with E-state index in [-0.39, 0.29) is 5.56 Å². The quantitative estimate of drug-likeness (QED) is 0.853. The molecule has 1 aromatic rings. The smallest absolute Gasteiger partial charge is 0.335 e. The van der Waals surface area contributed by atoms with Gasteiger partial charge in [0.15, 0.2) is 0 Å². The Morgan fingerprint density at radius 2 is 2.11 bits per heavy atom. The number of nitrogens with one attached hydrogen (secondary N) is 1. The van der Waals surface area contributed by atoms with Gasteiger partial charge >= 0.3 is 16.2 Å². The van der Waals surface area contributed by atoms with Crippen molar-refractivity contribution >= 4 is 21.9 Å². The van der Waals surface area contributed by atoms with Gasteiger partial charge in [-0.3, -0.25) is 4.72 Å². The first-order valence-corrected chi connectivity index (χ1v) is 7.52. The zero-order chi connectivity index (χ0) is 14.0. The SMILES string of the molecule is CCc1ccc(C(=O)O)cc1NS(=O)(=O)N1CCC1. The molecule has 7 heteroatoms. The minimum absolute atomic E-state index is 0.0681. The monoisotopic (exact) mass is 284 g/mol. The fourth-order valence-electron chi connectivity index (χ4n) is 1.84. The third-order valence-corrected chi connectivity index (χ3v) is 4.65. The second-order valence-corrected chi connectivity index (χ2v) is 6.06. The first-order valence-electron chi connectivity index (χ1n) is 6.08. The van der Waals surface area contributed by atoms with E-state index >= 15 is 0 Å². The van der Waals surface area contributed by atoms with E-state index in [9.17, 15) is 13.2 Å². The van der Waals surface area contributed by atoms with Gasteiger partial charge in [-0.25, -0.2) is 4.79 Å². The van der Waals surface area contributed by atoms with Crippen LogP contribution in [0, 0.1) is 0 Å². The van der Waals surface area contributed by atoms with Crippen LogP contribution in [0.15, 0.2) is 18.2 Å². The molecule has 0 saturated carbocycles. The van der Waals surface area contributed by atoms with Crippen molar-refractivity contribution in [2.75, 3.05) is 17.8 Å². The summed E-state index contributed by atoms with van der Waals surface area (Å²) in [5.74, 6) is -1.08. The topological polar surface area (TPSA) is 86.7 Å². The zero-order valence-corrected chi connectivity index (χ0v) is 11.4. The molecule has 0 unspecified atom stereocenters. The second kappa shape index (κ2) is 5.18. The summed E-state index contributed by atoms with van der Waals surface area (Å²) in [5.41, 5.74) is 1.18. The first-order chi connectivity index (χ1) is 8.94. The molecule has 0 bridgehead atoms. The van der Waals surface area contributed by atoms with Crippen molar-refractivity contribution in [3.05, 3.63) is 29.3 Å². The van der Waals surface area contributed by atoms with E-state index < -0.39 is 16.2 Å². The number of rotatable bonds is 5. The number of carbonyl (C=O) groups is 1. The molecule has 0 amide bonds. The number of carboxylic acid groups (broad SMARTS) is 1. The number of benzene rings is 1. The van der Waals surface area contributed by atoms with E-state index in [4.69, 9.17) is 5.11 Å². The van der Waals surface area contributed by atoms with E-state index in [1.807, 2.05) is 6.92 Å². The Morgan fingerprint density at radius 1 is 1.42 bits per heavy atom. The molecule has 2 rings (SSSR count). The van der Waals surface area contributed by atoms with Gasteiger partial charge in [0, 0.05) is 13.1 Å². The maximum absolute atomic E-state index is 12.0. The van der Waals surface area contributed by atoms with Gasteiger partial charge in [0.1, 0.15) is 0 Å². The van der Waals surface area contributed by atoms with Crippen molar-refractivity contribution in [2.24, 2.45) is 0 Å². The molecule has 6 nitrogen and oxygen atoms in total. The highest BCUT2D eigenvalue weighted by atomic mass is 32.2. The van der Waals surface area contributed by atoms with Crippen LogP contribution in [0.5, 0.6) is 0 Å². The van der Waals surface area contributed by atoms with Gasteiger partial charge in [-0.05, 0) is 30.5 Å². The van der Waals surface area contributed by atoms with Crippen LogP contribution in [-0.2, 0) is 16.6 Å². The predicted molar refractivity (Wildman–Crippen MR) is 71.5 cm³/mol. The van der Waals surface area contributed by atoms with Crippen molar-refractivity contribution in [1.82, 2.24) is 4.31 Å². The van der Waals surface area contributed by atoms with E-state index in [0.717, 1.165) is 12.0 Å². The second-order valence-electron chi connectivity index (χ2n) is 4.39. The largest absolute Gasteiger partial charge is 0.478 e. The summed E-state index contributed by atoms with van der Waals surface area (Å²) in [7, 11) is -3.56. The van der Waals surface area contributed by atoms with Crippen LogP contribution in [0.25, 0.3) is 0 Å². The van der Waals surface area contributed by atoms with Crippen LogP contribution in [0.1, 0.15) is 29.3 Å². The minimum atomic E-state index is -3.56. The van der Waals surface area contributed by atoms with Crippen molar-refractivity contribution in [3.8, 4) is 0 Å². The van der Waals surface area contributed by atoms with Gasteiger partial charge in [-0.2, -0.15) is 12.7 Å². The number of hydrogen-bond acceptors (Lipinski definition) is 3. The molecule has 1 saturated heterocycles. The summed E-state index contributed by atoms with van der Waals surface area (Å²) in [4.78, 5) is 10.9. The highest BCUT2D eigenvalue weighted by Crippen LogP contribution is 2.22. The molecule has 19 heavy (non-hydrogen) atoms. The number of aryl methyl sites for hydroxylation is 1. The molecular weight excluding hydrogens is 268 g/mol. The fourth-order valence-corrected chi connectivity index (χ4v) is 3.18. The number of carboxylic acids is 1. The molecule has 0 aliphatic carbocycles. The Hall–Kier alpha value is -1.60. The number of aromatic carboxylic acids is 1. The van der Waals surface area contributed by atoms with Gasteiger partial charge in [0.2, 0.25) is 0 Å². The molecule has 0 aromatic heterocycles. The average Bonchev–Trinajstić information content (AvgIpc) is 2.25. The van der Waals surface area contributed by atoms with Crippen molar-refractivity contribution in [2.45, 2.75) is 19.8 Å². The van der Waals surface area contributed by atoms with Gasteiger partial charge in [0.05, 0.1) is 11.3 Å². The van der Waals surface area contributed by atoms with Crippen LogP contribution in [0.4, 0.5) is 5.69 Å². The summed E-state index contributed by atoms with van der Waals surface area (Å²) in [6, 6.07) is 4.47. The van der Waals surface area contributed by atoms with Crippen molar-refractivity contribution < 1.29 is 18.3 Å².